The van der Waals surface area contributed by atoms with Crippen LogP contribution in [-0.2, 0) is 4.79 Å². The topological polar surface area (TPSA) is 58.0 Å². The van der Waals surface area contributed by atoms with E-state index in [2.05, 4.69) is 16.0 Å². The van der Waals surface area contributed by atoms with Crippen LogP contribution in [-0.4, -0.2) is 32.2 Å². The summed E-state index contributed by atoms with van der Waals surface area (Å²) in [6, 6.07) is 8.18. The van der Waals surface area contributed by atoms with Gasteiger partial charge in [-0.25, -0.2) is 0 Å². The van der Waals surface area contributed by atoms with E-state index in [1.54, 1.807) is 30.3 Å². The average molecular weight is 239 g/mol. The molecular formula is C9H6NO2Se. The molecule has 0 unspecified atom stereocenters. The van der Waals surface area contributed by atoms with Gasteiger partial charge in [0.25, 0.3) is 0 Å². The number of carbonyl (C=O) groups excluding carboxylic acids is 2. The molecule has 0 saturated heterocycles. The molecule has 1 N–H and O–H groups in total. The van der Waals surface area contributed by atoms with Gasteiger partial charge in [0, 0.05) is 0 Å². The molecular weight excluding hydrogens is 233 g/mol. The van der Waals surface area contributed by atoms with Crippen molar-refractivity contribution in [2.75, 3.05) is 0 Å². The van der Waals surface area contributed by atoms with Crippen LogP contribution in [0.4, 0.5) is 0 Å². The summed E-state index contributed by atoms with van der Waals surface area (Å²) in [5.74, 6) is -1.45. The second-order valence-corrected chi connectivity index (χ2v) is 3.21. The Kier molecular flexibility index (Phi) is 3.12. The zero-order valence-corrected chi connectivity index (χ0v) is 8.32. The van der Waals surface area contributed by atoms with E-state index >= 15 is 0 Å². The summed E-state index contributed by atoms with van der Waals surface area (Å²) < 4.78 is -0.353. The number of rotatable bonds is 3. The molecule has 0 atom stereocenters. The Hall–Kier alpha value is -1.25. The molecule has 13 heavy (non-hydrogen) atoms. The number of carbonyl (C=O) groups is 2. The van der Waals surface area contributed by atoms with E-state index in [1.807, 2.05) is 0 Å². The Balaban J connectivity index is 2.93. The van der Waals surface area contributed by atoms with Gasteiger partial charge in [0.1, 0.15) is 0 Å². The number of benzene rings is 1. The van der Waals surface area contributed by atoms with Crippen LogP contribution in [0.15, 0.2) is 30.3 Å². The maximum atomic E-state index is 11.3. The molecule has 1 radical (unpaired) electrons. The van der Waals surface area contributed by atoms with Crippen LogP contribution in [0.3, 0.4) is 0 Å². The van der Waals surface area contributed by atoms with Gasteiger partial charge in [-0.15, -0.1) is 0 Å². The summed E-state index contributed by atoms with van der Waals surface area (Å²) in [5, 5.41) is 6.95. The number of Topliss-reactive ketones (excluding diaryl/α,β-unsaturated/α-hetero) is 2. The van der Waals surface area contributed by atoms with Crippen LogP contribution in [0, 0.1) is 5.41 Å². The minimum absolute atomic E-state index is 0.313. The Morgan fingerprint density at radius 2 is 1.69 bits per heavy atom. The van der Waals surface area contributed by atoms with E-state index in [1.165, 1.54) is 0 Å². The first-order valence-electron chi connectivity index (χ1n) is 3.52. The summed E-state index contributed by atoms with van der Waals surface area (Å²) in [5.41, 5.74) is 0.313. The SMILES string of the molecule is N=C([Se])C(=O)C(=O)c1ccccc1. The van der Waals surface area contributed by atoms with Crippen molar-refractivity contribution in [3.05, 3.63) is 35.9 Å². The Labute approximate surface area is 83.5 Å². The molecule has 0 fully saturated rings. The van der Waals surface area contributed by atoms with E-state index in [0.717, 1.165) is 0 Å². The molecule has 4 heteroatoms. The van der Waals surface area contributed by atoms with Crippen LogP contribution in [0.5, 0.6) is 0 Å². The number of ketones is 2. The van der Waals surface area contributed by atoms with Gasteiger partial charge in [-0.3, -0.25) is 0 Å². The number of hydrogen-bond acceptors (Lipinski definition) is 3. The van der Waals surface area contributed by atoms with Gasteiger partial charge in [0.15, 0.2) is 0 Å². The van der Waals surface area contributed by atoms with Crippen molar-refractivity contribution in [2.24, 2.45) is 0 Å². The monoisotopic (exact) mass is 240 g/mol. The third kappa shape index (κ3) is 2.34. The first-order valence-corrected chi connectivity index (χ1v) is 4.38. The van der Waals surface area contributed by atoms with Crippen molar-refractivity contribution in [3.8, 4) is 0 Å². The Morgan fingerprint density at radius 3 is 2.15 bits per heavy atom. The van der Waals surface area contributed by atoms with Crippen molar-refractivity contribution < 1.29 is 9.59 Å². The van der Waals surface area contributed by atoms with E-state index < -0.39 is 11.6 Å². The zero-order valence-electron chi connectivity index (χ0n) is 6.61. The van der Waals surface area contributed by atoms with Crippen molar-refractivity contribution in [1.82, 2.24) is 0 Å². The first kappa shape index (κ1) is 9.83. The van der Waals surface area contributed by atoms with Crippen molar-refractivity contribution in [3.63, 3.8) is 0 Å². The van der Waals surface area contributed by atoms with Gasteiger partial charge >= 0.3 is 83.1 Å². The maximum absolute atomic E-state index is 11.3. The molecule has 0 aliphatic heterocycles. The summed E-state index contributed by atoms with van der Waals surface area (Å²) in [6.45, 7) is 0. The summed E-state index contributed by atoms with van der Waals surface area (Å²) in [4.78, 5) is 22.3. The predicted octanol–water partition coefficient (Wildman–Crippen LogP) is 0.584. The summed E-state index contributed by atoms with van der Waals surface area (Å²) in [6.07, 6.45) is 0. The van der Waals surface area contributed by atoms with Gasteiger partial charge < -0.3 is 0 Å². The Bertz CT molecular complexity index is 359. The first-order chi connectivity index (χ1) is 6.13. The summed E-state index contributed by atoms with van der Waals surface area (Å²) in [7, 11) is 0. The second-order valence-electron chi connectivity index (χ2n) is 2.35. The van der Waals surface area contributed by atoms with E-state index in [4.69, 9.17) is 5.41 Å². The normalized spacial score (nSPS) is 9.23. The van der Waals surface area contributed by atoms with Gasteiger partial charge in [0.05, 0.1) is 0 Å². The van der Waals surface area contributed by atoms with Gasteiger partial charge in [-0.05, 0) is 0 Å². The van der Waals surface area contributed by atoms with Crippen molar-refractivity contribution in [1.29, 1.82) is 5.41 Å². The van der Waals surface area contributed by atoms with Crippen molar-refractivity contribution in [2.45, 2.75) is 0 Å². The zero-order chi connectivity index (χ0) is 9.84. The predicted molar refractivity (Wildman–Crippen MR) is 49.3 cm³/mol. The molecule has 0 bridgehead atoms. The molecule has 1 rings (SSSR count). The van der Waals surface area contributed by atoms with E-state index in [0.29, 0.717) is 5.56 Å². The summed E-state index contributed by atoms with van der Waals surface area (Å²) >= 11 is 2.20. The molecule has 65 valence electrons. The van der Waals surface area contributed by atoms with Crippen LogP contribution in [0.1, 0.15) is 10.4 Å². The van der Waals surface area contributed by atoms with Crippen molar-refractivity contribution >= 4 is 32.2 Å². The van der Waals surface area contributed by atoms with Crippen LogP contribution >= 0.6 is 0 Å². The second kappa shape index (κ2) is 4.12. The van der Waals surface area contributed by atoms with Gasteiger partial charge in [0.2, 0.25) is 0 Å². The van der Waals surface area contributed by atoms with E-state index in [9.17, 15) is 9.59 Å². The molecule has 0 aromatic heterocycles. The molecule has 0 heterocycles. The molecule has 0 amide bonds. The third-order valence-corrected chi connectivity index (χ3v) is 1.84. The van der Waals surface area contributed by atoms with Crippen LogP contribution in [0.2, 0.25) is 0 Å². The molecule has 0 saturated carbocycles. The van der Waals surface area contributed by atoms with E-state index in [-0.39, 0.29) is 4.61 Å². The standard InChI is InChI=1S/C9H6NO2Se/c10-9(13)8(12)7(11)6-4-2-1-3-5-6/h1-5,10H. The Morgan fingerprint density at radius 1 is 1.15 bits per heavy atom. The minimum atomic E-state index is -0.800. The van der Waals surface area contributed by atoms with Crippen LogP contribution < -0.4 is 0 Å². The quantitative estimate of drug-likeness (QED) is 0.363. The van der Waals surface area contributed by atoms with Gasteiger partial charge in [-0.2, -0.15) is 0 Å². The van der Waals surface area contributed by atoms with Gasteiger partial charge in [-0.1, -0.05) is 0 Å². The number of nitrogens with one attached hydrogen (secondary N) is 1. The van der Waals surface area contributed by atoms with Crippen LogP contribution in [0.25, 0.3) is 0 Å². The fraction of sp³-hybridized carbons (Fsp3) is 0. The molecule has 1 aromatic carbocycles. The number of hydrogen-bond donors (Lipinski definition) is 1. The fourth-order valence-electron chi connectivity index (χ4n) is 0.824. The molecule has 0 aliphatic carbocycles. The third-order valence-electron chi connectivity index (χ3n) is 1.45. The molecule has 0 spiro atoms. The average Bonchev–Trinajstić information content (AvgIpc) is 2.17. The molecule has 3 nitrogen and oxygen atoms in total. The molecule has 0 aliphatic rings. The molecule has 1 aromatic rings. The fourth-order valence-corrected chi connectivity index (χ4v) is 1.02.